The lowest BCUT2D eigenvalue weighted by molar-refractivity contribution is 0.161. The van der Waals surface area contributed by atoms with Crippen molar-refractivity contribution in [1.29, 1.82) is 21.6 Å². The van der Waals surface area contributed by atoms with Gasteiger partial charge < -0.3 is 20.9 Å². The number of nitrogens with one attached hydrogen (secondary N) is 5. The van der Waals surface area contributed by atoms with Crippen LogP contribution in [0.15, 0.2) is 24.3 Å². The molecule has 1 rings (SSSR count). The van der Waals surface area contributed by atoms with Crippen molar-refractivity contribution >= 4 is 55.7 Å². The molecule has 0 saturated carbocycles. The van der Waals surface area contributed by atoms with E-state index in [9.17, 15) is 5.11 Å². The Morgan fingerprint density at radius 1 is 1.22 bits per heavy atom. The summed E-state index contributed by atoms with van der Waals surface area (Å²) in [5, 5.41) is 43.7. The van der Waals surface area contributed by atoms with Crippen molar-refractivity contribution in [2.24, 2.45) is 5.73 Å². The molecule has 8 nitrogen and oxygen atoms in total. The van der Waals surface area contributed by atoms with Gasteiger partial charge in [0.05, 0.1) is 17.2 Å². The number of amidine groups is 2. The highest BCUT2D eigenvalue weighted by atomic mass is 32.2. The SMILES string of the molecule is COc1cccc(CC(O)NC(=N)SC(=N)CCSCC(=N)SC(=N)N)c1. The van der Waals surface area contributed by atoms with Crippen molar-refractivity contribution < 1.29 is 9.84 Å². The molecule has 0 aromatic heterocycles. The summed E-state index contributed by atoms with van der Waals surface area (Å²) in [6, 6.07) is 7.35. The fourth-order valence-corrected chi connectivity index (χ4v) is 4.12. The molecule has 1 aromatic rings. The molecule has 1 atom stereocenters. The van der Waals surface area contributed by atoms with E-state index >= 15 is 0 Å². The van der Waals surface area contributed by atoms with Gasteiger partial charge in [0.15, 0.2) is 10.3 Å². The van der Waals surface area contributed by atoms with Crippen molar-refractivity contribution in [2.75, 3.05) is 18.6 Å². The summed E-state index contributed by atoms with van der Waals surface area (Å²) < 4.78 is 5.14. The average Bonchev–Trinajstić information content (AvgIpc) is 2.58. The Bertz CT molecular complexity index is 686. The molecule has 0 heterocycles. The number of ether oxygens (including phenoxy) is 1. The van der Waals surface area contributed by atoms with E-state index in [-0.39, 0.29) is 10.3 Å². The van der Waals surface area contributed by atoms with Crippen LogP contribution in [0, 0.1) is 21.6 Å². The predicted molar refractivity (Wildman–Crippen MR) is 118 cm³/mol. The van der Waals surface area contributed by atoms with Gasteiger partial charge in [0.1, 0.15) is 12.0 Å². The van der Waals surface area contributed by atoms with E-state index in [4.69, 9.17) is 32.1 Å². The number of nitrogens with two attached hydrogens (primary N) is 1. The maximum Gasteiger partial charge on any atom is 0.161 e. The minimum atomic E-state index is -0.927. The monoisotopic (exact) mass is 428 g/mol. The van der Waals surface area contributed by atoms with Crippen molar-refractivity contribution in [3.63, 3.8) is 0 Å². The van der Waals surface area contributed by atoms with E-state index < -0.39 is 6.23 Å². The van der Waals surface area contributed by atoms with Gasteiger partial charge in [-0.25, -0.2) is 0 Å². The van der Waals surface area contributed by atoms with E-state index in [1.165, 1.54) is 11.8 Å². The number of thioether (sulfide) groups is 3. The molecular formula is C16H24N6O2S3. The Hall–Kier alpha value is -1.69. The molecule has 0 bridgehead atoms. The molecule has 8 N–H and O–H groups in total. The second-order valence-corrected chi connectivity index (χ2v) is 8.61. The largest absolute Gasteiger partial charge is 0.497 e. The average molecular weight is 429 g/mol. The van der Waals surface area contributed by atoms with Gasteiger partial charge in [-0.15, -0.1) is 0 Å². The highest BCUT2D eigenvalue weighted by Crippen LogP contribution is 2.15. The van der Waals surface area contributed by atoms with E-state index in [2.05, 4.69) is 5.32 Å². The van der Waals surface area contributed by atoms with Crippen LogP contribution in [0.25, 0.3) is 0 Å². The third-order valence-electron chi connectivity index (χ3n) is 3.03. The minimum absolute atomic E-state index is 0.0141. The summed E-state index contributed by atoms with van der Waals surface area (Å²) in [6.07, 6.45) is -0.147. The Labute approximate surface area is 171 Å². The molecule has 0 saturated heterocycles. The van der Waals surface area contributed by atoms with E-state index in [1.54, 1.807) is 7.11 Å². The van der Waals surface area contributed by atoms with Gasteiger partial charge in [0, 0.05) is 18.6 Å². The van der Waals surface area contributed by atoms with E-state index in [1.807, 2.05) is 24.3 Å². The van der Waals surface area contributed by atoms with Crippen molar-refractivity contribution in [3.05, 3.63) is 29.8 Å². The molecule has 148 valence electrons. The second kappa shape index (κ2) is 12.7. The first-order valence-corrected chi connectivity index (χ1v) is 10.7. The Morgan fingerprint density at radius 3 is 2.63 bits per heavy atom. The predicted octanol–water partition coefficient (Wildman–Crippen LogP) is 2.52. The zero-order valence-corrected chi connectivity index (χ0v) is 17.3. The Morgan fingerprint density at radius 2 is 1.96 bits per heavy atom. The van der Waals surface area contributed by atoms with Crippen LogP contribution in [0.3, 0.4) is 0 Å². The standard InChI is InChI=1S/C16H24N6O2S3/c1-24-11-4-2-3-10(7-11)8-14(23)22-16(21)27-12(17)5-6-25-9-13(18)26-15(19)20/h2-4,7,14,17-18,23H,5-6,8-9H2,1H3,(H3,19,20)(H2,21,22). The molecule has 27 heavy (non-hydrogen) atoms. The highest BCUT2D eigenvalue weighted by molar-refractivity contribution is 8.27. The molecule has 0 aliphatic rings. The number of rotatable bonds is 9. The van der Waals surface area contributed by atoms with Gasteiger partial charge >= 0.3 is 0 Å². The maximum absolute atomic E-state index is 10.1. The summed E-state index contributed by atoms with van der Waals surface area (Å²) in [6.45, 7) is 0. The van der Waals surface area contributed by atoms with E-state index in [0.717, 1.165) is 29.1 Å². The van der Waals surface area contributed by atoms with Gasteiger partial charge in [-0.2, -0.15) is 11.8 Å². The fourth-order valence-electron chi connectivity index (χ4n) is 1.92. The van der Waals surface area contributed by atoms with Crippen LogP contribution in [0.1, 0.15) is 12.0 Å². The normalized spacial score (nSPS) is 11.5. The maximum atomic E-state index is 10.1. The topological polar surface area (TPSA) is 163 Å². The van der Waals surface area contributed by atoms with Crippen LogP contribution in [0.5, 0.6) is 5.75 Å². The molecule has 0 radical (unpaired) electrons. The zero-order valence-electron chi connectivity index (χ0n) is 14.9. The van der Waals surface area contributed by atoms with Gasteiger partial charge in [0.25, 0.3) is 0 Å². The molecule has 1 unspecified atom stereocenters. The van der Waals surface area contributed by atoms with Crippen LogP contribution in [0.2, 0.25) is 0 Å². The smallest absolute Gasteiger partial charge is 0.161 e. The zero-order chi connectivity index (χ0) is 20.2. The molecule has 0 aliphatic heterocycles. The Balaban J connectivity index is 2.25. The molecule has 0 aliphatic carbocycles. The van der Waals surface area contributed by atoms with Gasteiger partial charge in [-0.05, 0) is 47.0 Å². The van der Waals surface area contributed by atoms with Gasteiger partial charge in [-0.1, -0.05) is 12.1 Å². The summed E-state index contributed by atoms with van der Waals surface area (Å²) in [5.41, 5.74) is 6.08. The van der Waals surface area contributed by atoms with Crippen LogP contribution in [0.4, 0.5) is 0 Å². The number of hydrogen-bond donors (Lipinski definition) is 7. The molecule has 0 amide bonds. The first-order valence-electron chi connectivity index (χ1n) is 7.88. The molecule has 0 spiro atoms. The number of aliphatic hydroxyl groups excluding tert-OH is 1. The van der Waals surface area contributed by atoms with Crippen molar-refractivity contribution in [3.8, 4) is 5.75 Å². The second-order valence-electron chi connectivity index (χ2n) is 5.26. The third kappa shape index (κ3) is 10.9. The molecule has 11 heteroatoms. The number of hydrogen-bond acceptors (Lipinski definition) is 9. The quantitative estimate of drug-likeness (QED) is 0.137. The van der Waals surface area contributed by atoms with Crippen molar-refractivity contribution in [1.82, 2.24) is 5.32 Å². The van der Waals surface area contributed by atoms with Crippen LogP contribution in [-0.4, -0.2) is 50.4 Å². The Kier molecular flexibility index (Phi) is 10.9. The molecule has 0 fully saturated rings. The number of benzene rings is 1. The third-order valence-corrected chi connectivity index (χ3v) is 5.58. The molecular weight excluding hydrogens is 404 g/mol. The fraction of sp³-hybridized carbons (Fsp3) is 0.375. The van der Waals surface area contributed by atoms with E-state index in [0.29, 0.717) is 40.2 Å². The molecule has 1 aromatic carbocycles. The first kappa shape index (κ1) is 23.3. The first-order chi connectivity index (χ1) is 12.8. The number of aliphatic hydroxyl groups is 1. The number of methoxy groups -OCH3 is 1. The lowest BCUT2D eigenvalue weighted by Crippen LogP contribution is -2.34. The highest BCUT2D eigenvalue weighted by Gasteiger charge is 2.11. The van der Waals surface area contributed by atoms with Crippen LogP contribution in [-0.2, 0) is 6.42 Å². The lowest BCUT2D eigenvalue weighted by atomic mass is 10.1. The summed E-state index contributed by atoms with van der Waals surface area (Å²) in [5.74, 6) is 1.78. The lowest BCUT2D eigenvalue weighted by Gasteiger charge is -2.15. The van der Waals surface area contributed by atoms with Crippen LogP contribution < -0.4 is 15.8 Å². The summed E-state index contributed by atoms with van der Waals surface area (Å²) in [4.78, 5) is 0. The summed E-state index contributed by atoms with van der Waals surface area (Å²) in [7, 11) is 1.58. The van der Waals surface area contributed by atoms with Gasteiger partial charge in [-0.3, -0.25) is 21.6 Å². The minimum Gasteiger partial charge on any atom is -0.497 e. The van der Waals surface area contributed by atoms with Crippen LogP contribution >= 0.6 is 35.3 Å². The summed E-state index contributed by atoms with van der Waals surface area (Å²) >= 11 is 3.35. The van der Waals surface area contributed by atoms with Crippen molar-refractivity contribution in [2.45, 2.75) is 19.1 Å². The van der Waals surface area contributed by atoms with Gasteiger partial charge in [0.2, 0.25) is 0 Å².